The number of anilines is 2. The Labute approximate surface area is 198 Å². The molecule has 1 saturated carbocycles. The van der Waals surface area contributed by atoms with E-state index in [1.54, 1.807) is 0 Å². The minimum absolute atomic E-state index is 0.0456. The molecule has 0 radical (unpaired) electrons. The maximum atomic E-state index is 13.3. The van der Waals surface area contributed by atoms with E-state index in [2.05, 4.69) is 20.6 Å². The lowest BCUT2D eigenvalue weighted by Crippen LogP contribution is -2.40. The number of rotatable bonds is 5. The van der Waals surface area contributed by atoms with Gasteiger partial charge in [0, 0.05) is 43.5 Å². The van der Waals surface area contributed by atoms with Gasteiger partial charge in [0.25, 0.3) is 16.0 Å². The number of hydrogen-bond acceptors (Lipinski definition) is 7. The molecular weight excluding hydrogens is 473 g/mol. The summed E-state index contributed by atoms with van der Waals surface area (Å²) in [5, 5.41) is 6.37. The van der Waals surface area contributed by atoms with Crippen LogP contribution in [0.1, 0.15) is 41.6 Å². The molecular formula is C21H29ClFN5O4S. The Morgan fingerprint density at radius 1 is 1.21 bits per heavy atom. The van der Waals surface area contributed by atoms with Gasteiger partial charge in [0.15, 0.2) is 0 Å². The fourth-order valence-electron chi connectivity index (χ4n) is 3.43. The maximum absolute atomic E-state index is 13.3. The van der Waals surface area contributed by atoms with Crippen molar-refractivity contribution < 1.29 is 22.2 Å². The molecule has 9 nitrogen and oxygen atoms in total. The van der Waals surface area contributed by atoms with Gasteiger partial charge in [0.1, 0.15) is 11.6 Å². The summed E-state index contributed by atoms with van der Waals surface area (Å²) in [5.41, 5.74) is 1.40. The van der Waals surface area contributed by atoms with Crippen molar-refractivity contribution in [3.05, 3.63) is 46.4 Å². The van der Waals surface area contributed by atoms with E-state index in [-0.39, 0.29) is 23.0 Å². The molecule has 1 aliphatic carbocycles. The zero-order valence-electron chi connectivity index (χ0n) is 19.0. The zero-order chi connectivity index (χ0) is 24.8. The first kappa shape index (κ1) is 26.7. The number of aryl methyl sites for hydroxylation is 1. The van der Waals surface area contributed by atoms with Crippen molar-refractivity contribution in [3.63, 3.8) is 0 Å². The quantitative estimate of drug-likeness (QED) is 0.533. The number of halogens is 2. The summed E-state index contributed by atoms with van der Waals surface area (Å²) < 4.78 is 39.1. The zero-order valence-corrected chi connectivity index (χ0v) is 20.5. The van der Waals surface area contributed by atoms with Gasteiger partial charge in [-0.15, -0.1) is 0 Å². The SMILES string of the molecule is CS(=O)(=O)O.Cc1cnc(NC2CCC(NC(=O)c3ccc(F)c(Cl)c3)CC2)nc1N(C)C. The Kier molecular flexibility index (Phi) is 9.38. The molecule has 3 N–H and O–H groups in total. The van der Waals surface area contributed by atoms with Crippen molar-refractivity contribution in [2.45, 2.75) is 44.7 Å². The topological polar surface area (TPSA) is 125 Å². The predicted octanol–water partition coefficient (Wildman–Crippen LogP) is 3.30. The Hall–Kier alpha value is -2.50. The van der Waals surface area contributed by atoms with Gasteiger partial charge in [-0.2, -0.15) is 13.4 Å². The summed E-state index contributed by atoms with van der Waals surface area (Å²) in [6, 6.07) is 4.37. The minimum atomic E-state index is -3.67. The molecule has 3 rings (SSSR count). The summed E-state index contributed by atoms with van der Waals surface area (Å²) in [6.07, 6.45) is 6.06. The molecule has 0 bridgehead atoms. The molecule has 0 saturated heterocycles. The van der Waals surface area contributed by atoms with Crippen LogP contribution in [0.4, 0.5) is 16.2 Å². The van der Waals surface area contributed by atoms with E-state index in [0.717, 1.165) is 37.1 Å². The van der Waals surface area contributed by atoms with E-state index in [1.807, 2.05) is 32.1 Å². The number of carbonyl (C=O) groups is 1. The predicted molar refractivity (Wildman–Crippen MR) is 127 cm³/mol. The van der Waals surface area contributed by atoms with Crippen LogP contribution >= 0.6 is 11.6 Å². The van der Waals surface area contributed by atoms with Gasteiger partial charge in [0.2, 0.25) is 5.95 Å². The Morgan fingerprint density at radius 2 is 1.79 bits per heavy atom. The third kappa shape index (κ3) is 9.10. The van der Waals surface area contributed by atoms with E-state index in [1.165, 1.54) is 18.2 Å². The molecule has 33 heavy (non-hydrogen) atoms. The highest BCUT2D eigenvalue weighted by Gasteiger charge is 2.23. The fraction of sp³-hybridized carbons (Fsp3) is 0.476. The van der Waals surface area contributed by atoms with Gasteiger partial charge < -0.3 is 15.5 Å². The molecule has 2 aromatic rings. The van der Waals surface area contributed by atoms with Crippen molar-refractivity contribution in [1.82, 2.24) is 15.3 Å². The van der Waals surface area contributed by atoms with Gasteiger partial charge in [0.05, 0.1) is 11.3 Å². The number of benzene rings is 1. The first-order valence-electron chi connectivity index (χ1n) is 10.3. The summed E-state index contributed by atoms with van der Waals surface area (Å²) in [6.45, 7) is 1.99. The molecule has 1 aliphatic rings. The van der Waals surface area contributed by atoms with Crippen LogP contribution in [0.5, 0.6) is 0 Å². The average Bonchev–Trinajstić information content (AvgIpc) is 2.71. The van der Waals surface area contributed by atoms with Gasteiger partial charge >= 0.3 is 0 Å². The molecule has 1 heterocycles. The highest BCUT2D eigenvalue weighted by atomic mass is 35.5. The number of nitrogens with zero attached hydrogens (tertiary/aromatic N) is 3. The second kappa shape index (κ2) is 11.6. The third-order valence-corrected chi connectivity index (χ3v) is 5.24. The van der Waals surface area contributed by atoms with Crippen LogP contribution in [0.3, 0.4) is 0 Å². The summed E-state index contributed by atoms with van der Waals surface area (Å²) in [7, 11) is 0.253. The third-order valence-electron chi connectivity index (χ3n) is 4.95. The van der Waals surface area contributed by atoms with Gasteiger partial charge in [-0.3, -0.25) is 9.35 Å². The van der Waals surface area contributed by atoms with Crippen LogP contribution in [0.25, 0.3) is 0 Å². The van der Waals surface area contributed by atoms with Crippen molar-refractivity contribution in [2.24, 2.45) is 0 Å². The lowest BCUT2D eigenvalue weighted by atomic mass is 9.91. The number of aromatic nitrogens is 2. The van der Waals surface area contributed by atoms with E-state index < -0.39 is 15.9 Å². The van der Waals surface area contributed by atoms with Crippen LogP contribution in [-0.2, 0) is 10.1 Å². The normalized spacial score (nSPS) is 18.0. The van der Waals surface area contributed by atoms with Crippen molar-refractivity contribution in [2.75, 3.05) is 30.6 Å². The Balaban J connectivity index is 0.000000696. The smallest absolute Gasteiger partial charge is 0.261 e. The first-order valence-corrected chi connectivity index (χ1v) is 12.5. The molecule has 1 amide bonds. The lowest BCUT2D eigenvalue weighted by molar-refractivity contribution is 0.0926. The molecule has 12 heteroatoms. The average molecular weight is 502 g/mol. The van der Waals surface area contributed by atoms with Crippen LogP contribution < -0.4 is 15.5 Å². The second-order valence-electron chi connectivity index (χ2n) is 8.12. The summed E-state index contributed by atoms with van der Waals surface area (Å²) >= 11 is 5.76. The Morgan fingerprint density at radius 3 is 2.33 bits per heavy atom. The maximum Gasteiger partial charge on any atom is 0.261 e. The van der Waals surface area contributed by atoms with Gasteiger partial charge in [-0.25, -0.2) is 9.37 Å². The highest BCUT2D eigenvalue weighted by molar-refractivity contribution is 7.85. The molecule has 182 valence electrons. The van der Waals surface area contributed by atoms with E-state index in [4.69, 9.17) is 16.2 Å². The second-order valence-corrected chi connectivity index (χ2v) is 10.00. The Bertz CT molecular complexity index is 1070. The molecule has 1 aromatic carbocycles. The monoisotopic (exact) mass is 501 g/mol. The van der Waals surface area contributed by atoms with E-state index >= 15 is 0 Å². The number of amides is 1. The van der Waals surface area contributed by atoms with Gasteiger partial charge in [-0.1, -0.05) is 11.6 Å². The number of hydrogen-bond donors (Lipinski definition) is 3. The fourth-order valence-corrected chi connectivity index (χ4v) is 3.61. The molecule has 1 fully saturated rings. The largest absolute Gasteiger partial charge is 0.362 e. The molecule has 0 spiro atoms. The van der Waals surface area contributed by atoms with Crippen LogP contribution in [-0.4, -0.2) is 61.3 Å². The van der Waals surface area contributed by atoms with Crippen LogP contribution in [0.2, 0.25) is 5.02 Å². The van der Waals surface area contributed by atoms with Crippen molar-refractivity contribution >= 4 is 39.4 Å². The van der Waals surface area contributed by atoms with Crippen molar-refractivity contribution in [1.29, 1.82) is 0 Å². The summed E-state index contributed by atoms with van der Waals surface area (Å²) in [5.74, 6) is 0.774. The molecule has 1 aromatic heterocycles. The minimum Gasteiger partial charge on any atom is -0.362 e. The standard InChI is InChI=1S/C20H25ClFN5O.CH4O3S/c1-12-11-23-20(26-18(12)27(2)3)25-15-7-5-14(6-8-15)24-19(28)13-4-9-17(22)16(21)10-13;1-5(2,3)4/h4,9-11,14-15H,5-8H2,1-3H3,(H,24,28)(H,23,25,26);1H3,(H,2,3,4). The number of nitrogens with one attached hydrogen (secondary N) is 2. The van der Waals surface area contributed by atoms with Crippen molar-refractivity contribution in [3.8, 4) is 0 Å². The van der Waals surface area contributed by atoms with Gasteiger partial charge in [-0.05, 0) is 50.8 Å². The van der Waals surface area contributed by atoms with E-state index in [9.17, 15) is 17.6 Å². The first-order chi connectivity index (χ1) is 15.3. The molecule has 0 aliphatic heterocycles. The molecule has 0 atom stereocenters. The lowest BCUT2D eigenvalue weighted by Gasteiger charge is -2.30. The molecule has 0 unspecified atom stereocenters. The highest BCUT2D eigenvalue weighted by Crippen LogP contribution is 2.23. The van der Waals surface area contributed by atoms with Crippen LogP contribution in [0.15, 0.2) is 24.4 Å². The number of carbonyl (C=O) groups excluding carboxylic acids is 1. The summed E-state index contributed by atoms with van der Waals surface area (Å²) in [4.78, 5) is 23.3. The van der Waals surface area contributed by atoms with E-state index in [0.29, 0.717) is 17.8 Å². The van der Waals surface area contributed by atoms with Crippen LogP contribution in [0, 0.1) is 12.7 Å².